The standard InChI is InChI=1S/C17H17NO4/c19-16(14-12-7-8-13(22-12)15(14)17(20)21)18-9-3-5-10-4-1-2-6-11(10)18/h1-2,4,6-8,12-15H,3,5,9H2,(H,20,21)/t12-,13-,14-,15+/m1/s1. The zero-order chi connectivity index (χ0) is 15.3. The molecule has 3 aliphatic rings. The molecule has 1 fully saturated rings. The Morgan fingerprint density at radius 1 is 1.14 bits per heavy atom. The molecule has 114 valence electrons. The first-order chi connectivity index (χ1) is 10.7. The lowest BCUT2D eigenvalue weighted by Gasteiger charge is -2.33. The van der Waals surface area contributed by atoms with Gasteiger partial charge in [0.05, 0.1) is 18.1 Å². The van der Waals surface area contributed by atoms with Gasteiger partial charge in [-0.25, -0.2) is 0 Å². The molecule has 5 nitrogen and oxygen atoms in total. The van der Waals surface area contributed by atoms with E-state index in [1.807, 2.05) is 30.3 Å². The van der Waals surface area contributed by atoms with E-state index in [1.54, 1.807) is 11.0 Å². The zero-order valence-electron chi connectivity index (χ0n) is 12.0. The van der Waals surface area contributed by atoms with Crippen molar-refractivity contribution < 1.29 is 19.4 Å². The van der Waals surface area contributed by atoms with Gasteiger partial charge in [0.1, 0.15) is 5.92 Å². The quantitative estimate of drug-likeness (QED) is 0.843. The summed E-state index contributed by atoms with van der Waals surface area (Å²) in [4.78, 5) is 26.3. The molecular weight excluding hydrogens is 282 g/mol. The summed E-state index contributed by atoms with van der Waals surface area (Å²) in [5, 5.41) is 9.46. The summed E-state index contributed by atoms with van der Waals surface area (Å²) in [7, 11) is 0. The Morgan fingerprint density at radius 2 is 1.86 bits per heavy atom. The maximum absolute atomic E-state index is 13.0. The molecule has 4 atom stereocenters. The van der Waals surface area contributed by atoms with Crippen LogP contribution < -0.4 is 4.90 Å². The SMILES string of the molecule is O=C(O)[C@@H]1[C@H](C(=O)N2CCCc3ccccc32)[C@H]2C=C[C@H]1O2. The number of benzene rings is 1. The molecule has 1 N–H and O–H groups in total. The van der Waals surface area contributed by atoms with Crippen LogP contribution in [-0.2, 0) is 20.7 Å². The molecule has 2 bridgehead atoms. The fraction of sp³-hybridized carbons (Fsp3) is 0.412. The molecule has 0 radical (unpaired) electrons. The Hall–Kier alpha value is -2.14. The number of hydrogen-bond donors (Lipinski definition) is 1. The van der Waals surface area contributed by atoms with Gasteiger partial charge in [-0.15, -0.1) is 0 Å². The van der Waals surface area contributed by atoms with Gasteiger partial charge in [-0.2, -0.15) is 0 Å². The molecule has 1 saturated heterocycles. The summed E-state index contributed by atoms with van der Waals surface area (Å²) in [5.74, 6) is -2.49. The van der Waals surface area contributed by atoms with E-state index in [0.717, 1.165) is 24.1 Å². The van der Waals surface area contributed by atoms with Crippen LogP contribution in [0, 0.1) is 11.8 Å². The van der Waals surface area contributed by atoms with Gasteiger partial charge in [-0.1, -0.05) is 30.4 Å². The second kappa shape index (κ2) is 4.95. The minimum atomic E-state index is -0.958. The molecule has 1 aromatic rings. The van der Waals surface area contributed by atoms with Crippen molar-refractivity contribution in [2.24, 2.45) is 11.8 Å². The lowest BCUT2D eigenvalue weighted by Crippen LogP contribution is -2.46. The largest absolute Gasteiger partial charge is 0.481 e. The highest BCUT2D eigenvalue weighted by Crippen LogP contribution is 2.41. The first-order valence-electron chi connectivity index (χ1n) is 7.62. The zero-order valence-corrected chi connectivity index (χ0v) is 12.0. The van der Waals surface area contributed by atoms with E-state index in [-0.39, 0.29) is 5.91 Å². The van der Waals surface area contributed by atoms with E-state index in [4.69, 9.17) is 4.74 Å². The monoisotopic (exact) mass is 299 g/mol. The Balaban J connectivity index is 1.68. The third-order valence-electron chi connectivity index (χ3n) is 4.85. The lowest BCUT2D eigenvalue weighted by atomic mass is 9.81. The number of para-hydroxylation sites is 1. The van der Waals surface area contributed by atoms with Crippen LogP contribution in [-0.4, -0.2) is 35.7 Å². The number of hydrogen-bond acceptors (Lipinski definition) is 3. The predicted molar refractivity (Wildman–Crippen MR) is 79.5 cm³/mol. The van der Waals surface area contributed by atoms with Gasteiger partial charge >= 0.3 is 5.97 Å². The van der Waals surface area contributed by atoms with Crippen molar-refractivity contribution in [1.29, 1.82) is 0 Å². The lowest BCUT2D eigenvalue weighted by molar-refractivity contribution is -0.146. The molecule has 0 spiro atoms. The molecule has 5 heteroatoms. The number of aryl methyl sites for hydroxylation is 1. The summed E-state index contributed by atoms with van der Waals surface area (Å²) in [6.45, 7) is 0.639. The van der Waals surface area contributed by atoms with Crippen molar-refractivity contribution in [3.63, 3.8) is 0 Å². The van der Waals surface area contributed by atoms with Crippen molar-refractivity contribution in [2.45, 2.75) is 25.0 Å². The number of carboxylic acids is 1. The third-order valence-corrected chi connectivity index (χ3v) is 4.85. The van der Waals surface area contributed by atoms with Gasteiger partial charge in [-0.3, -0.25) is 9.59 Å². The van der Waals surface area contributed by atoms with Gasteiger partial charge < -0.3 is 14.7 Å². The summed E-state index contributed by atoms with van der Waals surface area (Å²) >= 11 is 0. The first kappa shape index (κ1) is 13.5. The fourth-order valence-corrected chi connectivity index (χ4v) is 3.84. The Morgan fingerprint density at radius 3 is 2.64 bits per heavy atom. The number of carboxylic acid groups (broad SMARTS) is 1. The summed E-state index contributed by atoms with van der Waals surface area (Å²) in [6, 6.07) is 7.85. The van der Waals surface area contributed by atoms with Crippen molar-refractivity contribution >= 4 is 17.6 Å². The maximum atomic E-state index is 13.0. The van der Waals surface area contributed by atoms with E-state index >= 15 is 0 Å². The minimum absolute atomic E-state index is 0.128. The van der Waals surface area contributed by atoms with Crippen LogP contribution in [0.3, 0.4) is 0 Å². The molecule has 1 amide bonds. The van der Waals surface area contributed by atoms with Gasteiger partial charge in [-0.05, 0) is 24.5 Å². The molecule has 0 aliphatic carbocycles. The average Bonchev–Trinajstić information content (AvgIpc) is 3.14. The van der Waals surface area contributed by atoms with Crippen LogP contribution in [0.1, 0.15) is 12.0 Å². The topological polar surface area (TPSA) is 66.8 Å². The molecule has 4 rings (SSSR count). The summed E-state index contributed by atoms with van der Waals surface area (Å²) < 4.78 is 5.62. The molecule has 0 aromatic heterocycles. The second-order valence-electron chi connectivity index (χ2n) is 6.06. The van der Waals surface area contributed by atoms with Gasteiger partial charge in [0, 0.05) is 12.2 Å². The van der Waals surface area contributed by atoms with Crippen LogP contribution >= 0.6 is 0 Å². The fourth-order valence-electron chi connectivity index (χ4n) is 3.84. The van der Waals surface area contributed by atoms with E-state index < -0.39 is 30.0 Å². The molecule has 3 aliphatic heterocycles. The minimum Gasteiger partial charge on any atom is -0.481 e. The van der Waals surface area contributed by atoms with Gasteiger partial charge in [0.2, 0.25) is 5.91 Å². The van der Waals surface area contributed by atoms with Crippen molar-refractivity contribution in [3.8, 4) is 0 Å². The van der Waals surface area contributed by atoms with Crippen LogP contribution in [0.15, 0.2) is 36.4 Å². The predicted octanol–water partition coefficient (Wildman–Crippen LogP) is 1.62. The van der Waals surface area contributed by atoms with Crippen LogP contribution in [0.25, 0.3) is 0 Å². The Labute approximate surface area is 128 Å². The number of fused-ring (bicyclic) bond motifs is 3. The van der Waals surface area contributed by atoms with Crippen molar-refractivity contribution in [2.75, 3.05) is 11.4 Å². The highest BCUT2D eigenvalue weighted by Gasteiger charge is 2.54. The molecule has 0 saturated carbocycles. The van der Waals surface area contributed by atoms with Crippen LogP contribution in [0.5, 0.6) is 0 Å². The van der Waals surface area contributed by atoms with Gasteiger partial charge in [0.15, 0.2) is 0 Å². The van der Waals surface area contributed by atoms with Crippen molar-refractivity contribution in [3.05, 3.63) is 42.0 Å². The number of anilines is 1. The van der Waals surface area contributed by atoms with E-state index in [9.17, 15) is 14.7 Å². The molecule has 3 heterocycles. The van der Waals surface area contributed by atoms with E-state index in [1.165, 1.54) is 0 Å². The normalized spacial score (nSPS) is 32.1. The number of ether oxygens (including phenoxy) is 1. The summed E-state index contributed by atoms with van der Waals surface area (Å²) in [5.41, 5.74) is 2.06. The number of rotatable bonds is 2. The van der Waals surface area contributed by atoms with Crippen LogP contribution in [0.2, 0.25) is 0 Å². The number of carbonyl (C=O) groups excluding carboxylic acids is 1. The molecular formula is C17H17NO4. The molecule has 1 aromatic carbocycles. The second-order valence-corrected chi connectivity index (χ2v) is 6.06. The molecule has 0 unspecified atom stereocenters. The number of aliphatic carboxylic acids is 1. The number of carbonyl (C=O) groups is 2. The third kappa shape index (κ3) is 1.89. The average molecular weight is 299 g/mol. The summed E-state index contributed by atoms with van der Waals surface area (Å²) in [6.07, 6.45) is 4.55. The highest BCUT2D eigenvalue weighted by atomic mass is 16.5. The number of nitrogens with zero attached hydrogens (tertiary/aromatic N) is 1. The van der Waals surface area contributed by atoms with Crippen molar-refractivity contribution in [1.82, 2.24) is 0 Å². The Kier molecular flexibility index (Phi) is 3.04. The maximum Gasteiger partial charge on any atom is 0.310 e. The van der Waals surface area contributed by atoms with Crippen LogP contribution in [0.4, 0.5) is 5.69 Å². The molecule has 22 heavy (non-hydrogen) atoms. The van der Waals surface area contributed by atoms with Gasteiger partial charge in [0.25, 0.3) is 0 Å². The number of amides is 1. The van der Waals surface area contributed by atoms with E-state index in [0.29, 0.717) is 6.54 Å². The smallest absolute Gasteiger partial charge is 0.310 e. The first-order valence-corrected chi connectivity index (χ1v) is 7.62. The Bertz CT molecular complexity index is 668. The highest BCUT2D eigenvalue weighted by molar-refractivity contribution is 5.99. The van der Waals surface area contributed by atoms with E-state index in [2.05, 4.69) is 0 Å².